The Kier molecular flexibility index (Phi) is 6.19. The molecule has 0 spiro atoms. The van der Waals surface area contributed by atoms with E-state index >= 15 is 0 Å². The first kappa shape index (κ1) is 17.8. The lowest BCUT2D eigenvalue weighted by Crippen LogP contribution is -2.22. The van der Waals surface area contributed by atoms with Gasteiger partial charge in [-0.1, -0.05) is 12.1 Å². The number of halogens is 1. The molecule has 128 valence electrons. The number of nitrogens with zero attached hydrogens (tertiary/aromatic N) is 1. The van der Waals surface area contributed by atoms with E-state index in [-0.39, 0.29) is 23.9 Å². The molecule has 1 aromatic carbocycles. The number of nitrogens with one attached hydrogen (secondary N) is 2. The number of hydroxylamine groups is 1. The first-order valence-electron chi connectivity index (χ1n) is 7.15. The molecule has 7 nitrogen and oxygen atoms in total. The molecule has 0 saturated heterocycles. The monoisotopic (exact) mass is 335 g/mol. The zero-order chi connectivity index (χ0) is 17.5. The van der Waals surface area contributed by atoms with Gasteiger partial charge in [0.25, 0.3) is 5.91 Å². The molecular weight excluding hydrogens is 317 g/mol. The van der Waals surface area contributed by atoms with Crippen LogP contribution in [0.3, 0.4) is 0 Å². The molecule has 0 atom stereocenters. The van der Waals surface area contributed by atoms with E-state index in [1.165, 1.54) is 30.9 Å². The fraction of sp³-hybridized carbons (Fsp3) is 0.250. The van der Waals surface area contributed by atoms with Crippen LogP contribution in [0.4, 0.5) is 4.39 Å². The molecule has 8 heteroatoms. The van der Waals surface area contributed by atoms with Crippen molar-refractivity contribution in [2.45, 2.75) is 19.7 Å². The number of methoxy groups -OCH3 is 1. The summed E-state index contributed by atoms with van der Waals surface area (Å²) in [7, 11) is 1.46. The van der Waals surface area contributed by atoms with Crippen LogP contribution in [0.15, 0.2) is 30.5 Å². The summed E-state index contributed by atoms with van der Waals surface area (Å²) in [6.07, 6.45) is 1.43. The third-order valence-corrected chi connectivity index (χ3v) is 3.41. The van der Waals surface area contributed by atoms with E-state index in [9.17, 15) is 14.3 Å². The van der Waals surface area contributed by atoms with Gasteiger partial charge in [0.2, 0.25) is 0 Å². The molecule has 0 aliphatic rings. The lowest BCUT2D eigenvalue weighted by Gasteiger charge is -2.13. The Bertz CT molecular complexity index is 707. The zero-order valence-electron chi connectivity index (χ0n) is 13.0. The van der Waals surface area contributed by atoms with Crippen LogP contribution in [0.1, 0.15) is 27.2 Å². The van der Waals surface area contributed by atoms with Gasteiger partial charge in [-0.05, 0) is 23.3 Å². The molecule has 1 amide bonds. The molecule has 0 fully saturated rings. The molecule has 4 N–H and O–H groups in total. The number of hydrogen-bond donors (Lipinski definition) is 4. The lowest BCUT2D eigenvalue weighted by molar-refractivity contribution is 0.0696. The van der Waals surface area contributed by atoms with Crippen molar-refractivity contribution in [2.75, 3.05) is 7.11 Å². The Labute approximate surface area is 138 Å². The molecule has 1 heterocycles. The second-order valence-corrected chi connectivity index (χ2v) is 5.06. The number of aromatic nitrogens is 1. The molecule has 24 heavy (non-hydrogen) atoms. The summed E-state index contributed by atoms with van der Waals surface area (Å²) in [4.78, 5) is 15.3. The van der Waals surface area contributed by atoms with Crippen molar-refractivity contribution in [1.82, 2.24) is 15.8 Å². The van der Waals surface area contributed by atoms with E-state index in [1.54, 1.807) is 12.1 Å². The number of rotatable bonds is 7. The van der Waals surface area contributed by atoms with Crippen LogP contribution in [0.5, 0.6) is 5.75 Å². The Morgan fingerprint density at radius 2 is 2.00 bits per heavy atom. The van der Waals surface area contributed by atoms with E-state index < -0.39 is 5.91 Å². The highest BCUT2D eigenvalue weighted by Crippen LogP contribution is 2.25. The van der Waals surface area contributed by atoms with Gasteiger partial charge in [0.05, 0.1) is 6.61 Å². The molecular formula is C16H18FN3O4. The number of benzene rings is 1. The molecule has 0 aliphatic carbocycles. The van der Waals surface area contributed by atoms with E-state index in [0.717, 1.165) is 5.56 Å². The summed E-state index contributed by atoms with van der Waals surface area (Å²) < 4.78 is 17.9. The average molecular weight is 335 g/mol. The molecule has 0 radical (unpaired) electrons. The van der Waals surface area contributed by atoms with Gasteiger partial charge in [-0.25, -0.2) is 14.9 Å². The largest absolute Gasteiger partial charge is 0.505 e. The number of carbonyl (C=O) groups is 1. The van der Waals surface area contributed by atoms with Crippen LogP contribution < -0.4 is 10.8 Å². The minimum Gasteiger partial charge on any atom is -0.505 e. The molecule has 0 bridgehead atoms. The van der Waals surface area contributed by atoms with Crippen LogP contribution in [0.2, 0.25) is 0 Å². The summed E-state index contributed by atoms with van der Waals surface area (Å²) in [6, 6.07) is 6.09. The Morgan fingerprint density at radius 1 is 1.29 bits per heavy atom. The Morgan fingerprint density at radius 3 is 2.62 bits per heavy atom. The molecule has 0 unspecified atom stereocenters. The topological polar surface area (TPSA) is 104 Å². The predicted octanol–water partition coefficient (Wildman–Crippen LogP) is 1.48. The maximum atomic E-state index is 12.9. The zero-order valence-corrected chi connectivity index (χ0v) is 13.0. The number of amides is 1. The SMILES string of the molecule is COCc1c(CNCc2ccc(F)cc2)cnc(C(=O)NO)c1O. The molecule has 2 rings (SSSR count). The van der Waals surface area contributed by atoms with Crippen LogP contribution in [-0.2, 0) is 24.4 Å². The van der Waals surface area contributed by atoms with Crippen molar-refractivity contribution in [3.8, 4) is 5.75 Å². The Hall–Kier alpha value is -2.55. The lowest BCUT2D eigenvalue weighted by atomic mass is 10.1. The number of hydrogen-bond acceptors (Lipinski definition) is 6. The summed E-state index contributed by atoms with van der Waals surface area (Å²) in [6.45, 7) is 0.928. The van der Waals surface area contributed by atoms with E-state index in [4.69, 9.17) is 9.94 Å². The first-order chi connectivity index (χ1) is 11.6. The van der Waals surface area contributed by atoms with Gasteiger partial charge in [-0.15, -0.1) is 0 Å². The Balaban J connectivity index is 2.12. The van der Waals surface area contributed by atoms with Crippen molar-refractivity contribution in [3.05, 3.63) is 58.7 Å². The average Bonchev–Trinajstić information content (AvgIpc) is 2.59. The predicted molar refractivity (Wildman–Crippen MR) is 82.8 cm³/mol. The van der Waals surface area contributed by atoms with Gasteiger partial charge >= 0.3 is 0 Å². The van der Waals surface area contributed by atoms with Gasteiger partial charge in [0, 0.05) is 32.0 Å². The number of aromatic hydroxyl groups is 1. The highest BCUT2D eigenvalue weighted by Gasteiger charge is 2.19. The smallest absolute Gasteiger partial charge is 0.297 e. The minimum atomic E-state index is -0.907. The summed E-state index contributed by atoms with van der Waals surface area (Å²) >= 11 is 0. The van der Waals surface area contributed by atoms with Crippen molar-refractivity contribution in [2.24, 2.45) is 0 Å². The van der Waals surface area contributed by atoms with Crippen molar-refractivity contribution < 1.29 is 24.2 Å². The van der Waals surface area contributed by atoms with Crippen LogP contribution in [0.25, 0.3) is 0 Å². The van der Waals surface area contributed by atoms with Crippen LogP contribution in [-0.4, -0.2) is 28.3 Å². The van der Waals surface area contributed by atoms with Gasteiger partial charge in [-0.3, -0.25) is 10.0 Å². The molecule has 1 aromatic heterocycles. The van der Waals surface area contributed by atoms with E-state index in [2.05, 4.69) is 10.3 Å². The number of pyridine rings is 1. The fourth-order valence-electron chi connectivity index (χ4n) is 2.20. The normalized spacial score (nSPS) is 10.6. The maximum absolute atomic E-state index is 12.9. The third kappa shape index (κ3) is 4.25. The van der Waals surface area contributed by atoms with E-state index in [1.807, 2.05) is 0 Å². The van der Waals surface area contributed by atoms with Crippen LogP contribution in [0, 0.1) is 5.82 Å². The molecule has 2 aromatic rings. The van der Waals surface area contributed by atoms with Gasteiger partial charge < -0.3 is 15.2 Å². The van der Waals surface area contributed by atoms with E-state index in [0.29, 0.717) is 24.2 Å². The van der Waals surface area contributed by atoms with Crippen molar-refractivity contribution in [1.29, 1.82) is 0 Å². The van der Waals surface area contributed by atoms with Crippen LogP contribution >= 0.6 is 0 Å². The van der Waals surface area contributed by atoms with Gasteiger partial charge in [0.1, 0.15) is 5.82 Å². The second kappa shape index (κ2) is 8.34. The highest BCUT2D eigenvalue weighted by molar-refractivity contribution is 5.94. The fourth-order valence-corrected chi connectivity index (χ4v) is 2.20. The van der Waals surface area contributed by atoms with Gasteiger partial charge in [-0.2, -0.15) is 0 Å². The van der Waals surface area contributed by atoms with Crippen molar-refractivity contribution >= 4 is 5.91 Å². The number of ether oxygens (including phenoxy) is 1. The van der Waals surface area contributed by atoms with Crippen molar-refractivity contribution in [3.63, 3.8) is 0 Å². The second-order valence-electron chi connectivity index (χ2n) is 5.06. The van der Waals surface area contributed by atoms with Gasteiger partial charge in [0.15, 0.2) is 11.4 Å². The third-order valence-electron chi connectivity index (χ3n) is 3.41. The first-order valence-corrected chi connectivity index (χ1v) is 7.15. The quantitative estimate of drug-likeness (QED) is 0.451. The standard InChI is InChI=1S/C16H18FN3O4/c1-24-9-13-11(8-19-14(15(13)21)16(22)20-23)7-18-6-10-2-4-12(17)5-3-10/h2-5,8,18,21,23H,6-7,9H2,1H3,(H,20,22). The highest BCUT2D eigenvalue weighted by atomic mass is 19.1. The molecule has 0 saturated carbocycles. The number of carbonyl (C=O) groups excluding carboxylic acids is 1. The summed E-state index contributed by atoms with van der Waals surface area (Å²) in [5.74, 6) is -1.55. The molecule has 0 aliphatic heterocycles. The summed E-state index contributed by atoms with van der Waals surface area (Å²) in [5, 5.41) is 22.0. The summed E-state index contributed by atoms with van der Waals surface area (Å²) in [5.41, 5.74) is 3.09. The minimum absolute atomic E-state index is 0.0770. The maximum Gasteiger partial charge on any atom is 0.297 e.